The van der Waals surface area contributed by atoms with Gasteiger partial charge in [0.25, 0.3) is 5.91 Å². The normalized spacial score (nSPS) is 10.4. The Kier molecular flexibility index (Phi) is 5.16. The maximum absolute atomic E-state index is 13.2. The third-order valence-corrected chi connectivity index (χ3v) is 4.13. The summed E-state index contributed by atoms with van der Waals surface area (Å²) in [5, 5.41) is 6.47. The third kappa shape index (κ3) is 4.26. The number of carbonyl (C=O) groups excluding carboxylic acids is 1. The van der Waals surface area contributed by atoms with Gasteiger partial charge in [-0.1, -0.05) is 35.3 Å². The topological polar surface area (TPSA) is 54.0 Å². The summed E-state index contributed by atoms with van der Waals surface area (Å²) in [5.74, 6) is -0.833. The summed E-state index contributed by atoms with van der Waals surface area (Å²) >= 11 is 12.1. The average Bonchev–Trinajstić information content (AvgIpc) is 2.59. The first-order chi connectivity index (χ1) is 12.0. The number of amides is 1. The number of rotatable bonds is 4. The molecular formula is C18H12Cl2FN3O. The second-order valence-corrected chi connectivity index (χ2v) is 5.94. The van der Waals surface area contributed by atoms with E-state index in [0.29, 0.717) is 32.7 Å². The molecule has 1 heterocycles. The van der Waals surface area contributed by atoms with Crippen LogP contribution in [0.1, 0.15) is 10.4 Å². The molecule has 3 rings (SSSR count). The Morgan fingerprint density at radius 2 is 1.80 bits per heavy atom. The molecule has 7 heteroatoms. The Morgan fingerprint density at radius 1 is 1.00 bits per heavy atom. The number of benzene rings is 2. The van der Waals surface area contributed by atoms with Crippen molar-refractivity contribution in [2.45, 2.75) is 0 Å². The molecular weight excluding hydrogens is 364 g/mol. The lowest BCUT2D eigenvalue weighted by molar-refractivity contribution is 0.102. The standard InChI is InChI=1S/C18H12Cl2FN3O/c19-15-5-2-6-16(17(15)20)23-14-7-11(9-22-10-14)18(25)24-13-4-1-3-12(21)8-13/h1-10,23H,(H,24,25). The molecule has 2 aromatic carbocycles. The number of halogens is 3. The molecule has 3 aromatic rings. The van der Waals surface area contributed by atoms with Gasteiger partial charge in [0.05, 0.1) is 33.2 Å². The van der Waals surface area contributed by atoms with Gasteiger partial charge in [-0.3, -0.25) is 9.78 Å². The molecule has 0 spiro atoms. The van der Waals surface area contributed by atoms with Crippen molar-refractivity contribution in [2.24, 2.45) is 0 Å². The molecule has 0 atom stereocenters. The number of pyridine rings is 1. The molecule has 0 saturated heterocycles. The minimum absolute atomic E-state index is 0.312. The maximum atomic E-state index is 13.2. The van der Waals surface area contributed by atoms with Crippen molar-refractivity contribution in [1.82, 2.24) is 4.98 Å². The van der Waals surface area contributed by atoms with Crippen LogP contribution in [-0.4, -0.2) is 10.9 Å². The van der Waals surface area contributed by atoms with Crippen LogP contribution in [0.5, 0.6) is 0 Å². The zero-order valence-electron chi connectivity index (χ0n) is 12.8. The van der Waals surface area contributed by atoms with Crippen LogP contribution < -0.4 is 10.6 Å². The van der Waals surface area contributed by atoms with Crippen LogP contribution in [0.3, 0.4) is 0 Å². The Bertz CT molecular complexity index is 934. The number of aromatic nitrogens is 1. The van der Waals surface area contributed by atoms with Gasteiger partial charge in [-0.15, -0.1) is 0 Å². The van der Waals surface area contributed by atoms with E-state index in [0.717, 1.165) is 0 Å². The molecule has 4 nitrogen and oxygen atoms in total. The fraction of sp³-hybridized carbons (Fsp3) is 0. The molecule has 0 bridgehead atoms. The number of carbonyl (C=O) groups is 1. The minimum Gasteiger partial charge on any atom is -0.353 e. The number of nitrogens with zero attached hydrogens (tertiary/aromatic N) is 1. The predicted octanol–water partition coefficient (Wildman–Crippen LogP) is 5.52. The summed E-state index contributed by atoms with van der Waals surface area (Å²) in [6.45, 7) is 0. The molecule has 0 unspecified atom stereocenters. The zero-order valence-corrected chi connectivity index (χ0v) is 14.3. The Hall–Kier alpha value is -2.63. The van der Waals surface area contributed by atoms with E-state index in [1.165, 1.54) is 24.4 Å². The maximum Gasteiger partial charge on any atom is 0.257 e. The van der Waals surface area contributed by atoms with E-state index >= 15 is 0 Å². The van der Waals surface area contributed by atoms with Crippen molar-refractivity contribution in [3.63, 3.8) is 0 Å². The average molecular weight is 376 g/mol. The summed E-state index contributed by atoms with van der Waals surface area (Å²) in [7, 11) is 0. The molecule has 0 aliphatic rings. The molecule has 0 aliphatic heterocycles. The summed E-state index contributed by atoms with van der Waals surface area (Å²) in [5.41, 5.74) is 1.84. The van der Waals surface area contributed by atoms with Crippen LogP contribution >= 0.6 is 23.2 Å². The van der Waals surface area contributed by atoms with E-state index in [1.54, 1.807) is 36.5 Å². The number of hydrogen-bond donors (Lipinski definition) is 2. The summed E-state index contributed by atoms with van der Waals surface area (Å²) < 4.78 is 13.2. The summed E-state index contributed by atoms with van der Waals surface area (Å²) in [4.78, 5) is 16.3. The highest BCUT2D eigenvalue weighted by Crippen LogP contribution is 2.31. The first-order valence-corrected chi connectivity index (χ1v) is 8.01. The van der Waals surface area contributed by atoms with Crippen molar-refractivity contribution in [3.8, 4) is 0 Å². The highest BCUT2D eigenvalue weighted by atomic mass is 35.5. The van der Waals surface area contributed by atoms with E-state index in [1.807, 2.05) is 0 Å². The number of nitrogens with one attached hydrogen (secondary N) is 2. The monoisotopic (exact) mass is 375 g/mol. The molecule has 1 aromatic heterocycles. The van der Waals surface area contributed by atoms with Gasteiger partial charge in [-0.25, -0.2) is 4.39 Å². The Labute approximate surface area is 153 Å². The zero-order chi connectivity index (χ0) is 17.8. The van der Waals surface area contributed by atoms with Crippen molar-refractivity contribution >= 4 is 46.2 Å². The van der Waals surface area contributed by atoms with Gasteiger partial charge < -0.3 is 10.6 Å². The van der Waals surface area contributed by atoms with Gasteiger partial charge in [-0.05, 0) is 36.4 Å². The molecule has 1 amide bonds. The smallest absolute Gasteiger partial charge is 0.257 e. The van der Waals surface area contributed by atoms with Gasteiger partial charge in [0.15, 0.2) is 0 Å². The van der Waals surface area contributed by atoms with Crippen molar-refractivity contribution in [3.05, 3.63) is 82.4 Å². The number of anilines is 3. The highest BCUT2D eigenvalue weighted by Gasteiger charge is 2.10. The van der Waals surface area contributed by atoms with E-state index in [9.17, 15) is 9.18 Å². The van der Waals surface area contributed by atoms with E-state index in [-0.39, 0.29) is 0 Å². The fourth-order valence-electron chi connectivity index (χ4n) is 2.16. The molecule has 2 N–H and O–H groups in total. The van der Waals surface area contributed by atoms with Crippen LogP contribution in [0.15, 0.2) is 60.9 Å². The number of hydrogen-bond acceptors (Lipinski definition) is 3. The van der Waals surface area contributed by atoms with Crippen LogP contribution in [0.25, 0.3) is 0 Å². The minimum atomic E-state index is -0.429. The Balaban J connectivity index is 1.79. The van der Waals surface area contributed by atoms with Gasteiger partial charge in [0, 0.05) is 11.9 Å². The van der Waals surface area contributed by atoms with E-state index in [4.69, 9.17) is 23.2 Å². The van der Waals surface area contributed by atoms with E-state index < -0.39 is 11.7 Å². The van der Waals surface area contributed by atoms with Crippen LogP contribution in [0.2, 0.25) is 10.0 Å². The van der Waals surface area contributed by atoms with Gasteiger partial charge >= 0.3 is 0 Å². The highest BCUT2D eigenvalue weighted by molar-refractivity contribution is 6.43. The Morgan fingerprint density at radius 3 is 2.60 bits per heavy atom. The first kappa shape index (κ1) is 17.2. The third-order valence-electron chi connectivity index (χ3n) is 3.31. The SMILES string of the molecule is O=C(Nc1cccc(F)c1)c1cncc(Nc2cccc(Cl)c2Cl)c1. The second kappa shape index (κ2) is 7.51. The molecule has 0 saturated carbocycles. The predicted molar refractivity (Wildman–Crippen MR) is 98.3 cm³/mol. The van der Waals surface area contributed by atoms with Gasteiger partial charge in [-0.2, -0.15) is 0 Å². The van der Waals surface area contributed by atoms with Crippen molar-refractivity contribution in [2.75, 3.05) is 10.6 Å². The van der Waals surface area contributed by atoms with Crippen LogP contribution in [-0.2, 0) is 0 Å². The van der Waals surface area contributed by atoms with Crippen molar-refractivity contribution in [1.29, 1.82) is 0 Å². The van der Waals surface area contributed by atoms with Crippen LogP contribution in [0, 0.1) is 5.82 Å². The lowest BCUT2D eigenvalue weighted by atomic mass is 10.2. The molecule has 0 radical (unpaired) electrons. The summed E-state index contributed by atoms with van der Waals surface area (Å²) in [6.07, 6.45) is 2.97. The first-order valence-electron chi connectivity index (χ1n) is 7.26. The second-order valence-electron chi connectivity index (χ2n) is 5.15. The summed E-state index contributed by atoms with van der Waals surface area (Å²) in [6, 6.07) is 12.5. The largest absolute Gasteiger partial charge is 0.353 e. The molecule has 126 valence electrons. The van der Waals surface area contributed by atoms with E-state index in [2.05, 4.69) is 15.6 Å². The van der Waals surface area contributed by atoms with Gasteiger partial charge in [0.2, 0.25) is 0 Å². The van der Waals surface area contributed by atoms with Gasteiger partial charge in [0.1, 0.15) is 5.82 Å². The van der Waals surface area contributed by atoms with Crippen molar-refractivity contribution < 1.29 is 9.18 Å². The molecule has 0 aliphatic carbocycles. The van der Waals surface area contributed by atoms with Crippen LogP contribution in [0.4, 0.5) is 21.5 Å². The lowest BCUT2D eigenvalue weighted by Crippen LogP contribution is -2.12. The fourth-order valence-corrected chi connectivity index (χ4v) is 2.51. The quantitative estimate of drug-likeness (QED) is 0.630. The molecule has 25 heavy (non-hydrogen) atoms. The lowest BCUT2D eigenvalue weighted by Gasteiger charge is -2.10. The molecule has 0 fully saturated rings.